The number of carbonyl (C=O) groups is 2. The number of hydrogen-bond donors (Lipinski definition) is 0. The Morgan fingerprint density at radius 2 is 1.57 bits per heavy atom. The molecule has 144 valence electrons. The SMILES string of the molecule is COC(=O)[C@@H]1CN=C(c2ccccc2)/C(=C\c2ccccc2)O[C@H]1C(=O)OC. The van der Waals surface area contributed by atoms with Crippen LogP contribution in [0.1, 0.15) is 11.1 Å². The molecule has 0 unspecified atom stereocenters. The van der Waals surface area contributed by atoms with Gasteiger partial charge in [-0.1, -0.05) is 60.7 Å². The fraction of sp³-hybridized carbons (Fsp3) is 0.227. The van der Waals surface area contributed by atoms with Crippen molar-refractivity contribution < 1.29 is 23.8 Å². The van der Waals surface area contributed by atoms with Crippen LogP contribution in [0.15, 0.2) is 71.4 Å². The molecule has 0 aromatic heterocycles. The Labute approximate surface area is 163 Å². The summed E-state index contributed by atoms with van der Waals surface area (Å²) in [6, 6.07) is 19.0. The van der Waals surface area contributed by atoms with Crippen molar-refractivity contribution in [3.8, 4) is 0 Å². The summed E-state index contributed by atoms with van der Waals surface area (Å²) >= 11 is 0. The van der Waals surface area contributed by atoms with Crippen LogP contribution in [0.2, 0.25) is 0 Å². The van der Waals surface area contributed by atoms with Gasteiger partial charge in [-0.3, -0.25) is 9.79 Å². The van der Waals surface area contributed by atoms with Crippen molar-refractivity contribution >= 4 is 23.7 Å². The third-order valence-corrected chi connectivity index (χ3v) is 4.38. The lowest BCUT2D eigenvalue weighted by Gasteiger charge is -2.21. The maximum absolute atomic E-state index is 12.4. The molecule has 0 amide bonds. The van der Waals surface area contributed by atoms with Crippen LogP contribution in [0.25, 0.3) is 6.08 Å². The van der Waals surface area contributed by atoms with Gasteiger partial charge in [0.25, 0.3) is 0 Å². The normalized spacial score (nSPS) is 20.5. The second-order valence-electron chi connectivity index (χ2n) is 6.17. The van der Waals surface area contributed by atoms with Crippen LogP contribution < -0.4 is 0 Å². The Kier molecular flexibility index (Phi) is 6.22. The molecule has 1 aliphatic rings. The number of benzene rings is 2. The third kappa shape index (κ3) is 4.28. The number of nitrogens with zero attached hydrogens (tertiary/aromatic N) is 1. The van der Waals surface area contributed by atoms with Crippen molar-refractivity contribution in [2.75, 3.05) is 20.8 Å². The van der Waals surface area contributed by atoms with Gasteiger partial charge >= 0.3 is 11.9 Å². The number of ether oxygens (including phenoxy) is 3. The standard InChI is InChI=1S/C22H21NO5/c1-26-21(24)17-14-23-19(16-11-7-4-8-12-16)18(28-20(17)22(25)27-2)13-15-9-5-3-6-10-15/h3-13,17,20H,14H2,1-2H3/b18-13+/t17-,20-/m1/s1. The molecule has 28 heavy (non-hydrogen) atoms. The molecular weight excluding hydrogens is 358 g/mol. The van der Waals surface area contributed by atoms with Crippen LogP contribution in [0.4, 0.5) is 0 Å². The molecule has 0 fully saturated rings. The first-order chi connectivity index (χ1) is 13.6. The molecule has 1 heterocycles. The highest BCUT2D eigenvalue weighted by Gasteiger charge is 2.40. The van der Waals surface area contributed by atoms with E-state index in [9.17, 15) is 9.59 Å². The van der Waals surface area contributed by atoms with Gasteiger partial charge in [-0.05, 0) is 11.6 Å². The van der Waals surface area contributed by atoms with Gasteiger partial charge in [0.1, 0.15) is 17.4 Å². The molecule has 0 saturated heterocycles. The highest BCUT2D eigenvalue weighted by atomic mass is 16.6. The van der Waals surface area contributed by atoms with Crippen LogP contribution in [0.5, 0.6) is 0 Å². The molecule has 0 aliphatic carbocycles. The molecular formula is C22H21NO5. The molecule has 0 N–H and O–H groups in total. The second kappa shape index (κ2) is 8.99. The van der Waals surface area contributed by atoms with Crippen LogP contribution >= 0.6 is 0 Å². The summed E-state index contributed by atoms with van der Waals surface area (Å²) in [5.41, 5.74) is 2.25. The van der Waals surface area contributed by atoms with Crippen LogP contribution in [0.3, 0.4) is 0 Å². The van der Waals surface area contributed by atoms with Gasteiger partial charge in [0.15, 0.2) is 0 Å². The van der Waals surface area contributed by atoms with Gasteiger partial charge in [0, 0.05) is 5.56 Å². The first-order valence-corrected chi connectivity index (χ1v) is 8.83. The topological polar surface area (TPSA) is 74.2 Å². The molecule has 2 aromatic rings. The summed E-state index contributed by atoms with van der Waals surface area (Å²) in [5.74, 6) is -1.75. The Morgan fingerprint density at radius 1 is 0.964 bits per heavy atom. The molecule has 6 heteroatoms. The smallest absolute Gasteiger partial charge is 0.348 e. The maximum Gasteiger partial charge on any atom is 0.348 e. The van der Waals surface area contributed by atoms with E-state index < -0.39 is 24.0 Å². The third-order valence-electron chi connectivity index (χ3n) is 4.38. The summed E-state index contributed by atoms with van der Waals surface area (Å²) in [4.78, 5) is 29.2. The highest BCUT2D eigenvalue weighted by molar-refractivity contribution is 6.14. The van der Waals surface area contributed by atoms with E-state index in [1.807, 2.05) is 60.7 Å². The van der Waals surface area contributed by atoms with E-state index in [1.54, 1.807) is 6.08 Å². The minimum Gasteiger partial charge on any atom is -0.475 e. The van der Waals surface area contributed by atoms with E-state index in [0.717, 1.165) is 11.1 Å². The van der Waals surface area contributed by atoms with Crippen molar-refractivity contribution in [1.82, 2.24) is 0 Å². The zero-order valence-electron chi connectivity index (χ0n) is 15.7. The van der Waals surface area contributed by atoms with Crippen molar-refractivity contribution in [2.45, 2.75) is 6.10 Å². The van der Waals surface area contributed by atoms with Gasteiger partial charge in [-0.2, -0.15) is 0 Å². The zero-order chi connectivity index (χ0) is 19.9. The minimum atomic E-state index is -1.16. The lowest BCUT2D eigenvalue weighted by Crippen LogP contribution is -2.39. The number of allylic oxidation sites excluding steroid dienone is 1. The van der Waals surface area contributed by atoms with Crippen LogP contribution in [0, 0.1) is 5.92 Å². The molecule has 0 bridgehead atoms. The van der Waals surface area contributed by atoms with E-state index >= 15 is 0 Å². The largest absolute Gasteiger partial charge is 0.475 e. The number of aliphatic imine (C=N–C) groups is 1. The summed E-state index contributed by atoms with van der Waals surface area (Å²) < 4.78 is 15.7. The monoisotopic (exact) mass is 379 g/mol. The van der Waals surface area contributed by atoms with Gasteiger partial charge in [-0.15, -0.1) is 0 Å². The average molecular weight is 379 g/mol. The number of carbonyl (C=O) groups excluding carboxylic acids is 2. The Morgan fingerprint density at radius 3 is 2.18 bits per heavy atom. The molecule has 3 rings (SSSR count). The second-order valence-corrected chi connectivity index (χ2v) is 6.17. The fourth-order valence-electron chi connectivity index (χ4n) is 2.95. The quantitative estimate of drug-likeness (QED) is 0.764. The predicted octanol–water partition coefficient (Wildman–Crippen LogP) is 2.88. The van der Waals surface area contributed by atoms with Gasteiger partial charge < -0.3 is 14.2 Å². The lowest BCUT2D eigenvalue weighted by atomic mass is 10.0. The van der Waals surface area contributed by atoms with Crippen molar-refractivity contribution in [1.29, 1.82) is 0 Å². The highest BCUT2D eigenvalue weighted by Crippen LogP contribution is 2.25. The molecule has 2 aromatic carbocycles. The molecule has 6 nitrogen and oxygen atoms in total. The minimum absolute atomic E-state index is 0.0444. The summed E-state index contributed by atoms with van der Waals surface area (Å²) in [5, 5.41) is 0. The summed E-state index contributed by atoms with van der Waals surface area (Å²) in [6.45, 7) is 0.0444. The molecule has 2 atom stereocenters. The first-order valence-electron chi connectivity index (χ1n) is 8.83. The van der Waals surface area contributed by atoms with E-state index in [-0.39, 0.29) is 6.54 Å². The number of esters is 2. The zero-order valence-corrected chi connectivity index (χ0v) is 15.7. The maximum atomic E-state index is 12.4. The van der Waals surface area contributed by atoms with Crippen molar-refractivity contribution in [3.63, 3.8) is 0 Å². The van der Waals surface area contributed by atoms with Gasteiger partial charge in [0.05, 0.1) is 20.8 Å². The first kappa shape index (κ1) is 19.4. The van der Waals surface area contributed by atoms with E-state index in [2.05, 4.69) is 4.99 Å². The number of methoxy groups -OCH3 is 2. The Balaban J connectivity index is 2.10. The predicted molar refractivity (Wildman–Crippen MR) is 105 cm³/mol. The summed E-state index contributed by atoms with van der Waals surface area (Å²) in [7, 11) is 2.52. The molecule has 0 spiro atoms. The van der Waals surface area contributed by atoms with E-state index in [1.165, 1.54) is 14.2 Å². The van der Waals surface area contributed by atoms with Crippen molar-refractivity contribution in [2.24, 2.45) is 10.9 Å². The number of hydrogen-bond acceptors (Lipinski definition) is 6. The summed E-state index contributed by atoms with van der Waals surface area (Å²) in [6.07, 6.45) is 0.638. The lowest BCUT2D eigenvalue weighted by molar-refractivity contribution is -0.163. The van der Waals surface area contributed by atoms with Crippen LogP contribution in [-0.2, 0) is 23.8 Å². The Hall–Kier alpha value is -3.41. The van der Waals surface area contributed by atoms with Gasteiger partial charge in [0.2, 0.25) is 6.10 Å². The number of rotatable bonds is 4. The average Bonchev–Trinajstić information content (AvgIpc) is 2.94. The molecule has 1 aliphatic heterocycles. The van der Waals surface area contributed by atoms with Gasteiger partial charge in [-0.25, -0.2) is 4.79 Å². The van der Waals surface area contributed by atoms with Crippen molar-refractivity contribution in [3.05, 3.63) is 77.5 Å². The van der Waals surface area contributed by atoms with Crippen LogP contribution in [-0.4, -0.2) is 44.5 Å². The van der Waals surface area contributed by atoms with E-state index in [4.69, 9.17) is 14.2 Å². The Bertz CT molecular complexity index is 890. The molecule has 0 saturated carbocycles. The van der Waals surface area contributed by atoms with E-state index in [0.29, 0.717) is 11.5 Å². The molecule has 0 radical (unpaired) electrons. The fourth-order valence-corrected chi connectivity index (χ4v) is 2.95.